The SMILES string of the molecule is CC1(C(=O)O)CCCN1C(=O)c1cccc(C(F)F)c1. The van der Waals surface area contributed by atoms with E-state index in [4.69, 9.17) is 0 Å². The van der Waals surface area contributed by atoms with Gasteiger partial charge in [0.15, 0.2) is 0 Å². The van der Waals surface area contributed by atoms with Crippen LogP contribution in [0.4, 0.5) is 8.78 Å². The highest BCUT2D eigenvalue weighted by Crippen LogP contribution is 2.31. The topological polar surface area (TPSA) is 57.6 Å². The van der Waals surface area contributed by atoms with Crippen molar-refractivity contribution in [2.75, 3.05) is 6.54 Å². The fourth-order valence-corrected chi connectivity index (χ4v) is 2.47. The summed E-state index contributed by atoms with van der Waals surface area (Å²) in [6.45, 7) is 1.80. The third-order valence-electron chi connectivity index (χ3n) is 3.73. The van der Waals surface area contributed by atoms with E-state index in [1.807, 2.05) is 0 Å². The van der Waals surface area contributed by atoms with Gasteiger partial charge in [-0.25, -0.2) is 13.6 Å². The molecule has 0 aliphatic carbocycles. The zero-order valence-electron chi connectivity index (χ0n) is 11.0. The monoisotopic (exact) mass is 283 g/mol. The summed E-state index contributed by atoms with van der Waals surface area (Å²) in [5, 5.41) is 9.27. The smallest absolute Gasteiger partial charge is 0.329 e. The minimum Gasteiger partial charge on any atom is -0.480 e. The Labute approximate surface area is 115 Å². The molecule has 1 atom stereocenters. The molecular formula is C14H15F2NO3. The van der Waals surface area contributed by atoms with Crippen LogP contribution in [0.5, 0.6) is 0 Å². The van der Waals surface area contributed by atoms with Gasteiger partial charge in [-0.2, -0.15) is 0 Å². The molecule has 2 rings (SSSR count). The summed E-state index contributed by atoms with van der Waals surface area (Å²) in [5.74, 6) is -1.59. The Bertz CT molecular complexity index is 547. The average molecular weight is 283 g/mol. The third-order valence-corrected chi connectivity index (χ3v) is 3.73. The number of aliphatic carboxylic acids is 1. The highest BCUT2D eigenvalue weighted by atomic mass is 19.3. The fraction of sp³-hybridized carbons (Fsp3) is 0.429. The van der Waals surface area contributed by atoms with E-state index in [1.165, 1.54) is 30.0 Å². The zero-order chi connectivity index (χ0) is 14.9. The maximum absolute atomic E-state index is 12.6. The van der Waals surface area contributed by atoms with Gasteiger partial charge in [0.1, 0.15) is 5.54 Å². The van der Waals surface area contributed by atoms with E-state index in [9.17, 15) is 23.5 Å². The van der Waals surface area contributed by atoms with Crippen LogP contribution in [-0.2, 0) is 4.79 Å². The summed E-state index contributed by atoms with van der Waals surface area (Å²) in [6, 6.07) is 5.16. The standard InChI is InChI=1S/C14H15F2NO3/c1-14(13(19)20)6-3-7-17(14)12(18)10-5-2-4-9(8-10)11(15)16/h2,4-5,8,11H,3,6-7H2,1H3,(H,19,20). The van der Waals surface area contributed by atoms with Crippen LogP contribution in [0.25, 0.3) is 0 Å². The maximum Gasteiger partial charge on any atom is 0.329 e. The second-order valence-corrected chi connectivity index (χ2v) is 5.07. The minimum absolute atomic E-state index is 0.0946. The maximum atomic E-state index is 12.6. The lowest BCUT2D eigenvalue weighted by molar-refractivity contribution is -0.147. The van der Waals surface area contributed by atoms with Crippen molar-refractivity contribution in [3.8, 4) is 0 Å². The van der Waals surface area contributed by atoms with Crippen molar-refractivity contribution in [3.05, 3.63) is 35.4 Å². The average Bonchev–Trinajstić information content (AvgIpc) is 2.81. The van der Waals surface area contributed by atoms with Gasteiger partial charge in [-0.05, 0) is 31.9 Å². The summed E-state index contributed by atoms with van der Waals surface area (Å²) in [6.07, 6.45) is -1.71. The molecule has 1 aliphatic heterocycles. The van der Waals surface area contributed by atoms with E-state index < -0.39 is 23.8 Å². The molecule has 1 saturated heterocycles. The van der Waals surface area contributed by atoms with E-state index in [-0.39, 0.29) is 11.1 Å². The van der Waals surface area contributed by atoms with Crippen LogP contribution < -0.4 is 0 Å². The van der Waals surface area contributed by atoms with E-state index in [0.717, 1.165) is 6.07 Å². The number of alkyl halides is 2. The van der Waals surface area contributed by atoms with Crippen molar-refractivity contribution in [3.63, 3.8) is 0 Å². The zero-order valence-corrected chi connectivity index (χ0v) is 11.0. The van der Waals surface area contributed by atoms with Crippen LogP contribution in [0.3, 0.4) is 0 Å². The Hall–Kier alpha value is -1.98. The van der Waals surface area contributed by atoms with Crippen LogP contribution in [0.1, 0.15) is 42.1 Å². The van der Waals surface area contributed by atoms with Gasteiger partial charge in [0.25, 0.3) is 12.3 Å². The van der Waals surface area contributed by atoms with Crippen molar-refractivity contribution < 1.29 is 23.5 Å². The first-order valence-electron chi connectivity index (χ1n) is 6.30. The normalized spacial score (nSPS) is 22.3. The van der Waals surface area contributed by atoms with E-state index in [1.54, 1.807) is 0 Å². The highest BCUT2D eigenvalue weighted by Gasteiger charge is 2.46. The van der Waals surface area contributed by atoms with Crippen LogP contribution in [-0.4, -0.2) is 34.0 Å². The molecule has 1 aliphatic rings. The second-order valence-electron chi connectivity index (χ2n) is 5.07. The third kappa shape index (κ3) is 2.37. The van der Waals surface area contributed by atoms with E-state index >= 15 is 0 Å². The summed E-state index contributed by atoms with van der Waals surface area (Å²) in [5.41, 5.74) is -1.41. The molecule has 1 heterocycles. The molecular weight excluding hydrogens is 268 g/mol. The molecule has 0 aromatic heterocycles. The van der Waals surface area contributed by atoms with Crippen molar-refractivity contribution in [2.45, 2.75) is 31.7 Å². The van der Waals surface area contributed by atoms with Crippen molar-refractivity contribution in [1.29, 1.82) is 0 Å². The first-order valence-corrected chi connectivity index (χ1v) is 6.30. The molecule has 0 spiro atoms. The lowest BCUT2D eigenvalue weighted by Crippen LogP contribution is -2.50. The first kappa shape index (κ1) is 14.4. The summed E-state index contributed by atoms with van der Waals surface area (Å²) >= 11 is 0. The van der Waals surface area contributed by atoms with Crippen molar-refractivity contribution in [1.82, 2.24) is 4.90 Å². The lowest BCUT2D eigenvalue weighted by atomic mass is 9.98. The molecule has 1 fully saturated rings. The van der Waals surface area contributed by atoms with E-state index in [2.05, 4.69) is 0 Å². The minimum atomic E-state index is -2.66. The molecule has 1 N–H and O–H groups in total. The largest absolute Gasteiger partial charge is 0.480 e. The Balaban J connectivity index is 2.32. The number of carboxylic acids is 1. The van der Waals surface area contributed by atoms with Crippen molar-refractivity contribution in [2.24, 2.45) is 0 Å². The molecule has 6 heteroatoms. The van der Waals surface area contributed by atoms with Gasteiger partial charge in [0.2, 0.25) is 0 Å². The number of rotatable bonds is 3. The molecule has 1 unspecified atom stereocenters. The number of benzene rings is 1. The summed E-state index contributed by atoms with van der Waals surface area (Å²) < 4.78 is 25.3. The molecule has 0 radical (unpaired) electrons. The molecule has 1 aromatic carbocycles. The number of halogens is 2. The van der Waals surface area contributed by atoms with Crippen LogP contribution in [0.15, 0.2) is 24.3 Å². The highest BCUT2D eigenvalue weighted by molar-refractivity contribution is 5.98. The number of amides is 1. The van der Waals surface area contributed by atoms with Gasteiger partial charge < -0.3 is 10.0 Å². The Kier molecular flexibility index (Phi) is 3.74. The molecule has 1 aromatic rings. The van der Waals surface area contributed by atoms with Crippen LogP contribution in [0, 0.1) is 0 Å². The van der Waals surface area contributed by atoms with Gasteiger partial charge in [0, 0.05) is 17.7 Å². The van der Waals surface area contributed by atoms with Gasteiger partial charge in [-0.3, -0.25) is 4.79 Å². The fourth-order valence-electron chi connectivity index (χ4n) is 2.47. The lowest BCUT2D eigenvalue weighted by Gasteiger charge is -2.31. The molecule has 108 valence electrons. The number of carbonyl (C=O) groups is 2. The number of carbonyl (C=O) groups excluding carboxylic acids is 1. The Morgan fingerprint density at radius 2 is 2.10 bits per heavy atom. The Morgan fingerprint density at radius 1 is 1.40 bits per heavy atom. The predicted molar refractivity (Wildman–Crippen MR) is 67.7 cm³/mol. The molecule has 20 heavy (non-hydrogen) atoms. The molecule has 4 nitrogen and oxygen atoms in total. The number of likely N-dealkylation sites (tertiary alicyclic amines) is 1. The molecule has 0 bridgehead atoms. The number of carboxylic acid groups (broad SMARTS) is 1. The summed E-state index contributed by atoms with van der Waals surface area (Å²) in [7, 11) is 0. The number of nitrogens with zero attached hydrogens (tertiary/aromatic N) is 1. The first-order chi connectivity index (χ1) is 9.36. The van der Waals surface area contributed by atoms with Gasteiger partial charge in [-0.15, -0.1) is 0 Å². The van der Waals surface area contributed by atoms with Gasteiger partial charge in [0.05, 0.1) is 0 Å². The number of hydrogen-bond acceptors (Lipinski definition) is 2. The van der Waals surface area contributed by atoms with Gasteiger partial charge >= 0.3 is 5.97 Å². The molecule has 0 saturated carbocycles. The van der Waals surface area contributed by atoms with Crippen LogP contribution >= 0.6 is 0 Å². The van der Waals surface area contributed by atoms with Gasteiger partial charge in [-0.1, -0.05) is 12.1 Å². The number of hydrogen-bond donors (Lipinski definition) is 1. The van der Waals surface area contributed by atoms with Crippen molar-refractivity contribution >= 4 is 11.9 Å². The molecule has 1 amide bonds. The Morgan fingerprint density at radius 3 is 2.70 bits per heavy atom. The van der Waals surface area contributed by atoms with Crippen LogP contribution in [0.2, 0.25) is 0 Å². The summed E-state index contributed by atoms with van der Waals surface area (Å²) in [4.78, 5) is 24.9. The second kappa shape index (κ2) is 5.19. The van der Waals surface area contributed by atoms with E-state index in [0.29, 0.717) is 19.4 Å². The quantitative estimate of drug-likeness (QED) is 0.928. The predicted octanol–water partition coefficient (Wildman–Crippen LogP) is 2.70.